The third kappa shape index (κ3) is 4.66. The molecule has 0 bridgehead atoms. The van der Waals surface area contributed by atoms with Crippen molar-refractivity contribution >= 4 is 33.2 Å². The van der Waals surface area contributed by atoms with Crippen molar-refractivity contribution in [1.82, 2.24) is 0 Å². The standard InChI is InChI=1S/C13H19BrN2O2/c1-8(2)9(3)18-7-13(17)16-12-5-4-10(15)6-11(12)14/h4-6,8-9H,7,15H2,1-3H3,(H,16,17). The molecule has 0 heterocycles. The summed E-state index contributed by atoms with van der Waals surface area (Å²) in [6.45, 7) is 6.12. The fourth-order valence-corrected chi connectivity index (χ4v) is 1.71. The first-order chi connectivity index (χ1) is 8.40. The number of halogens is 1. The zero-order valence-electron chi connectivity index (χ0n) is 10.9. The van der Waals surface area contributed by atoms with E-state index in [0.717, 1.165) is 4.47 Å². The number of amides is 1. The van der Waals surface area contributed by atoms with Gasteiger partial charge in [-0.3, -0.25) is 4.79 Å². The van der Waals surface area contributed by atoms with Gasteiger partial charge in [-0.15, -0.1) is 0 Å². The zero-order valence-corrected chi connectivity index (χ0v) is 12.5. The van der Waals surface area contributed by atoms with Gasteiger partial charge in [0, 0.05) is 10.2 Å². The van der Waals surface area contributed by atoms with E-state index in [1.807, 2.05) is 6.92 Å². The fourth-order valence-electron chi connectivity index (χ4n) is 1.22. The molecule has 0 aromatic heterocycles. The summed E-state index contributed by atoms with van der Waals surface area (Å²) >= 11 is 3.34. The molecule has 1 rings (SSSR count). The monoisotopic (exact) mass is 314 g/mol. The molecule has 0 fully saturated rings. The predicted molar refractivity (Wildman–Crippen MR) is 77.4 cm³/mol. The quantitative estimate of drug-likeness (QED) is 0.821. The Bertz CT molecular complexity index is 421. The third-order valence-corrected chi connectivity index (χ3v) is 3.34. The molecule has 5 heteroatoms. The summed E-state index contributed by atoms with van der Waals surface area (Å²) in [5.74, 6) is 0.217. The topological polar surface area (TPSA) is 64.3 Å². The van der Waals surface area contributed by atoms with Crippen LogP contribution in [0.25, 0.3) is 0 Å². The Hall–Kier alpha value is -1.07. The molecular weight excluding hydrogens is 296 g/mol. The van der Waals surface area contributed by atoms with Crippen molar-refractivity contribution in [2.24, 2.45) is 5.92 Å². The van der Waals surface area contributed by atoms with Gasteiger partial charge >= 0.3 is 0 Å². The van der Waals surface area contributed by atoms with Crippen LogP contribution in [-0.2, 0) is 9.53 Å². The van der Waals surface area contributed by atoms with Gasteiger partial charge in [-0.1, -0.05) is 13.8 Å². The van der Waals surface area contributed by atoms with Crippen LogP contribution in [0.15, 0.2) is 22.7 Å². The minimum Gasteiger partial charge on any atom is -0.399 e. The van der Waals surface area contributed by atoms with Crippen molar-refractivity contribution < 1.29 is 9.53 Å². The lowest BCUT2D eigenvalue weighted by molar-refractivity contribution is -0.123. The van der Waals surface area contributed by atoms with E-state index in [1.54, 1.807) is 18.2 Å². The van der Waals surface area contributed by atoms with Gasteiger partial charge in [0.15, 0.2) is 0 Å². The van der Waals surface area contributed by atoms with E-state index < -0.39 is 0 Å². The second-order valence-corrected chi connectivity index (χ2v) is 5.40. The summed E-state index contributed by atoms with van der Waals surface area (Å²) in [6, 6.07) is 5.23. The first-order valence-electron chi connectivity index (χ1n) is 5.86. The van der Waals surface area contributed by atoms with E-state index in [1.165, 1.54) is 0 Å². The van der Waals surface area contributed by atoms with Crippen molar-refractivity contribution in [2.45, 2.75) is 26.9 Å². The number of hydrogen-bond acceptors (Lipinski definition) is 3. The highest BCUT2D eigenvalue weighted by Crippen LogP contribution is 2.24. The number of benzene rings is 1. The maximum atomic E-state index is 11.7. The molecule has 0 saturated heterocycles. The zero-order chi connectivity index (χ0) is 13.7. The summed E-state index contributed by atoms with van der Waals surface area (Å²) in [5.41, 5.74) is 6.96. The number of ether oxygens (including phenoxy) is 1. The van der Waals surface area contributed by atoms with Gasteiger partial charge in [-0.2, -0.15) is 0 Å². The molecule has 0 spiro atoms. The van der Waals surface area contributed by atoms with Crippen LogP contribution in [0.2, 0.25) is 0 Å². The van der Waals surface area contributed by atoms with Gasteiger partial charge < -0.3 is 15.8 Å². The highest BCUT2D eigenvalue weighted by molar-refractivity contribution is 9.10. The molecule has 3 N–H and O–H groups in total. The van der Waals surface area contributed by atoms with E-state index in [9.17, 15) is 4.79 Å². The maximum Gasteiger partial charge on any atom is 0.250 e. The molecule has 1 atom stereocenters. The molecule has 0 aliphatic heterocycles. The van der Waals surface area contributed by atoms with Crippen molar-refractivity contribution in [3.63, 3.8) is 0 Å². The van der Waals surface area contributed by atoms with Gasteiger partial charge in [-0.25, -0.2) is 0 Å². The maximum absolute atomic E-state index is 11.7. The second kappa shape index (κ2) is 6.75. The Morgan fingerprint density at radius 1 is 1.44 bits per heavy atom. The van der Waals surface area contributed by atoms with Crippen LogP contribution in [0.5, 0.6) is 0 Å². The summed E-state index contributed by atoms with van der Waals surface area (Å²) in [7, 11) is 0. The van der Waals surface area contributed by atoms with E-state index >= 15 is 0 Å². The Labute approximate surface area is 116 Å². The average Bonchev–Trinajstić information content (AvgIpc) is 2.29. The Morgan fingerprint density at radius 2 is 2.11 bits per heavy atom. The molecule has 0 saturated carbocycles. The first kappa shape index (κ1) is 15.0. The van der Waals surface area contributed by atoms with Gasteiger partial charge in [0.2, 0.25) is 5.91 Å². The lowest BCUT2D eigenvalue weighted by Crippen LogP contribution is -2.24. The number of carbonyl (C=O) groups is 1. The van der Waals surface area contributed by atoms with Crippen LogP contribution in [0.4, 0.5) is 11.4 Å². The molecule has 1 aromatic rings. The molecule has 1 amide bonds. The number of nitrogens with one attached hydrogen (secondary N) is 1. The molecular formula is C13H19BrN2O2. The lowest BCUT2D eigenvalue weighted by atomic mass is 10.1. The van der Waals surface area contributed by atoms with Crippen LogP contribution < -0.4 is 11.1 Å². The van der Waals surface area contributed by atoms with Crippen LogP contribution in [0, 0.1) is 5.92 Å². The van der Waals surface area contributed by atoms with E-state index in [4.69, 9.17) is 10.5 Å². The van der Waals surface area contributed by atoms with Crippen molar-refractivity contribution in [3.05, 3.63) is 22.7 Å². The van der Waals surface area contributed by atoms with Crippen molar-refractivity contribution in [2.75, 3.05) is 17.7 Å². The summed E-state index contributed by atoms with van der Waals surface area (Å²) in [4.78, 5) is 11.7. The van der Waals surface area contributed by atoms with Crippen molar-refractivity contribution in [1.29, 1.82) is 0 Å². The van der Waals surface area contributed by atoms with E-state index in [-0.39, 0.29) is 18.6 Å². The molecule has 0 radical (unpaired) electrons. The lowest BCUT2D eigenvalue weighted by Gasteiger charge is -2.16. The normalized spacial score (nSPS) is 12.5. The van der Waals surface area contributed by atoms with Crippen molar-refractivity contribution in [3.8, 4) is 0 Å². The van der Waals surface area contributed by atoms with Crippen LogP contribution in [-0.4, -0.2) is 18.6 Å². The molecule has 18 heavy (non-hydrogen) atoms. The number of nitrogens with two attached hydrogens (primary N) is 1. The number of anilines is 2. The van der Waals surface area contributed by atoms with Crippen LogP contribution in [0.1, 0.15) is 20.8 Å². The molecule has 4 nitrogen and oxygen atoms in total. The van der Waals surface area contributed by atoms with E-state index in [2.05, 4.69) is 35.1 Å². The minimum absolute atomic E-state index is 0.0517. The van der Waals surface area contributed by atoms with Gasteiger partial charge in [0.1, 0.15) is 6.61 Å². The smallest absolute Gasteiger partial charge is 0.250 e. The molecule has 1 unspecified atom stereocenters. The SMILES string of the molecule is CC(C)C(C)OCC(=O)Nc1ccc(N)cc1Br. The highest BCUT2D eigenvalue weighted by Gasteiger charge is 2.11. The molecule has 100 valence electrons. The number of rotatable bonds is 5. The minimum atomic E-state index is -0.173. The summed E-state index contributed by atoms with van der Waals surface area (Å²) < 4.78 is 6.21. The van der Waals surface area contributed by atoms with E-state index in [0.29, 0.717) is 17.3 Å². The Balaban J connectivity index is 2.50. The van der Waals surface area contributed by atoms with Gasteiger partial charge in [0.25, 0.3) is 0 Å². The second-order valence-electron chi connectivity index (χ2n) is 4.55. The molecule has 1 aromatic carbocycles. The number of nitrogen functional groups attached to an aromatic ring is 1. The first-order valence-corrected chi connectivity index (χ1v) is 6.66. The molecule has 0 aliphatic carbocycles. The number of carbonyl (C=O) groups excluding carboxylic acids is 1. The van der Waals surface area contributed by atoms with Gasteiger partial charge in [-0.05, 0) is 47.0 Å². The average molecular weight is 315 g/mol. The largest absolute Gasteiger partial charge is 0.399 e. The number of hydrogen-bond donors (Lipinski definition) is 2. The predicted octanol–water partition coefficient (Wildman–Crippen LogP) is 3.03. The van der Waals surface area contributed by atoms with Crippen LogP contribution in [0.3, 0.4) is 0 Å². The highest BCUT2D eigenvalue weighted by atomic mass is 79.9. The molecule has 0 aliphatic rings. The Kier molecular flexibility index (Phi) is 5.62. The van der Waals surface area contributed by atoms with Gasteiger partial charge in [0.05, 0.1) is 11.8 Å². The Morgan fingerprint density at radius 3 is 2.67 bits per heavy atom. The summed E-state index contributed by atoms with van der Waals surface area (Å²) in [6.07, 6.45) is 0.0607. The third-order valence-electron chi connectivity index (χ3n) is 2.68. The van der Waals surface area contributed by atoms with Crippen LogP contribution >= 0.6 is 15.9 Å². The fraction of sp³-hybridized carbons (Fsp3) is 0.462. The summed E-state index contributed by atoms with van der Waals surface area (Å²) in [5, 5.41) is 2.77.